The summed E-state index contributed by atoms with van der Waals surface area (Å²) in [7, 11) is 1.60. The minimum absolute atomic E-state index is 0.0523. The van der Waals surface area contributed by atoms with Gasteiger partial charge in [0.25, 0.3) is 0 Å². The molecule has 9 N–H and O–H groups in total. The number of carbonyl (C=O) groups excluding carboxylic acids is 3. The van der Waals surface area contributed by atoms with E-state index in [9.17, 15) is 54.0 Å². The Kier molecular flexibility index (Phi) is 30.2. The summed E-state index contributed by atoms with van der Waals surface area (Å²) in [4.78, 5) is 90.6. The number of unbranched alkanes of at least 4 members (excludes halogenated alkanes) is 1. The summed E-state index contributed by atoms with van der Waals surface area (Å²) >= 11 is 0. The summed E-state index contributed by atoms with van der Waals surface area (Å²) in [5.74, 6) is -5.50. The van der Waals surface area contributed by atoms with E-state index >= 15 is 0 Å². The lowest BCUT2D eigenvalue weighted by atomic mass is 10.1. The van der Waals surface area contributed by atoms with Gasteiger partial charge in [-0.3, -0.25) is 53.2 Å². The highest BCUT2D eigenvalue weighted by Crippen LogP contribution is 2.11. The van der Waals surface area contributed by atoms with E-state index < -0.39 is 41.9 Å². The minimum Gasteiger partial charge on any atom is -0.480 e. The maximum Gasteiger partial charge on any atom is 0.320 e. The first-order valence-corrected chi connectivity index (χ1v) is 20.3. The molecule has 23 nitrogen and oxygen atoms in total. The van der Waals surface area contributed by atoms with E-state index in [1.807, 2.05) is 0 Å². The van der Waals surface area contributed by atoms with Gasteiger partial charge >= 0.3 is 23.9 Å². The fourth-order valence-electron chi connectivity index (χ4n) is 6.00. The molecule has 0 radical (unpaired) electrons. The van der Waals surface area contributed by atoms with Crippen LogP contribution < -0.4 is 21.7 Å². The Balaban J connectivity index is 2.43. The van der Waals surface area contributed by atoms with Gasteiger partial charge in [-0.2, -0.15) is 0 Å². The Bertz CT molecular complexity index is 1250. The number of hydrogen-bond donors (Lipinski definition) is 8. The van der Waals surface area contributed by atoms with Crippen LogP contribution >= 0.6 is 0 Å². The Morgan fingerprint density at radius 1 is 0.550 bits per heavy atom. The quantitative estimate of drug-likeness (QED) is 0.0306. The predicted octanol–water partition coefficient (Wildman–Crippen LogP) is -3.37. The molecule has 0 bridgehead atoms. The maximum atomic E-state index is 12.7. The van der Waals surface area contributed by atoms with Crippen LogP contribution in [0.1, 0.15) is 38.5 Å². The molecule has 346 valence electrons. The SMILES string of the molecule is COCCOCCOCCOCCNC(=O)C(N)CCC(=O)NCCCCNC(=O)CCC(C(=O)O)N1CCN(CC(=O)O)CCN(CC(=O)O)CCN(CC(=O)O)CC1. The van der Waals surface area contributed by atoms with Crippen LogP contribution in [0.2, 0.25) is 0 Å². The van der Waals surface area contributed by atoms with Crippen LogP contribution in [0.4, 0.5) is 0 Å². The van der Waals surface area contributed by atoms with Crippen LogP contribution in [-0.4, -0.2) is 239 Å². The summed E-state index contributed by atoms with van der Waals surface area (Å²) in [6.07, 6.45) is 1.11. The van der Waals surface area contributed by atoms with Crippen molar-refractivity contribution in [2.45, 2.75) is 50.6 Å². The van der Waals surface area contributed by atoms with Crippen LogP contribution in [0, 0.1) is 0 Å². The second-order valence-electron chi connectivity index (χ2n) is 14.1. The van der Waals surface area contributed by atoms with Crippen molar-refractivity contribution in [1.82, 2.24) is 35.6 Å². The molecule has 2 atom stereocenters. The van der Waals surface area contributed by atoms with Gasteiger partial charge in [0, 0.05) is 91.9 Å². The van der Waals surface area contributed by atoms with Crippen molar-refractivity contribution in [3.05, 3.63) is 0 Å². The van der Waals surface area contributed by atoms with Crippen LogP contribution in [0.5, 0.6) is 0 Å². The first-order chi connectivity index (χ1) is 28.7. The second kappa shape index (κ2) is 33.6. The van der Waals surface area contributed by atoms with E-state index in [4.69, 9.17) is 24.7 Å². The van der Waals surface area contributed by atoms with Gasteiger partial charge in [-0.05, 0) is 25.7 Å². The molecule has 0 aliphatic carbocycles. The van der Waals surface area contributed by atoms with Crippen molar-refractivity contribution in [2.75, 3.05) is 145 Å². The molecule has 1 rings (SSSR count). The van der Waals surface area contributed by atoms with Crippen molar-refractivity contribution < 1.29 is 72.9 Å². The Morgan fingerprint density at radius 3 is 1.37 bits per heavy atom. The third-order valence-corrected chi connectivity index (χ3v) is 9.31. The largest absolute Gasteiger partial charge is 0.480 e. The van der Waals surface area contributed by atoms with E-state index in [2.05, 4.69) is 16.0 Å². The molecule has 0 spiro atoms. The van der Waals surface area contributed by atoms with Crippen molar-refractivity contribution in [1.29, 1.82) is 0 Å². The highest BCUT2D eigenvalue weighted by atomic mass is 16.6. The third kappa shape index (κ3) is 28.4. The maximum absolute atomic E-state index is 12.7. The van der Waals surface area contributed by atoms with E-state index in [-0.39, 0.29) is 129 Å². The number of carboxylic acid groups (broad SMARTS) is 4. The van der Waals surface area contributed by atoms with E-state index in [1.54, 1.807) is 26.7 Å². The Morgan fingerprint density at radius 2 is 0.950 bits per heavy atom. The summed E-state index contributed by atoms with van der Waals surface area (Å²) in [6.45, 7) is 4.12. The fourth-order valence-corrected chi connectivity index (χ4v) is 6.00. The molecule has 0 aromatic rings. The smallest absolute Gasteiger partial charge is 0.320 e. The van der Waals surface area contributed by atoms with Gasteiger partial charge in [0.15, 0.2) is 0 Å². The number of carboxylic acids is 4. The molecule has 0 aromatic carbocycles. The number of carbonyl (C=O) groups is 7. The number of nitrogens with zero attached hydrogens (tertiary/aromatic N) is 4. The highest BCUT2D eigenvalue weighted by molar-refractivity contribution is 5.83. The van der Waals surface area contributed by atoms with E-state index in [0.29, 0.717) is 59.0 Å². The molecule has 1 heterocycles. The van der Waals surface area contributed by atoms with Gasteiger partial charge in [0.2, 0.25) is 17.7 Å². The lowest BCUT2D eigenvalue weighted by molar-refractivity contribution is -0.145. The molecular weight excluding hydrogens is 796 g/mol. The first-order valence-electron chi connectivity index (χ1n) is 20.3. The number of methoxy groups -OCH3 is 1. The lowest BCUT2D eigenvalue weighted by Crippen LogP contribution is -2.52. The average molecular weight is 865 g/mol. The van der Waals surface area contributed by atoms with E-state index in [1.165, 1.54) is 0 Å². The number of nitrogens with two attached hydrogens (primary N) is 1. The van der Waals surface area contributed by atoms with Gasteiger partial charge in [0.05, 0.1) is 71.9 Å². The summed E-state index contributed by atoms with van der Waals surface area (Å²) in [5, 5.41) is 46.6. The molecule has 1 aliphatic rings. The monoisotopic (exact) mass is 864 g/mol. The van der Waals surface area contributed by atoms with Crippen LogP contribution in [0.15, 0.2) is 0 Å². The normalized spacial score (nSPS) is 16.2. The predicted molar refractivity (Wildman–Crippen MR) is 214 cm³/mol. The molecule has 0 saturated carbocycles. The molecule has 0 aromatic heterocycles. The number of nitrogens with one attached hydrogen (secondary N) is 3. The van der Waals surface area contributed by atoms with Crippen molar-refractivity contribution in [3.63, 3.8) is 0 Å². The molecule has 1 fully saturated rings. The van der Waals surface area contributed by atoms with Gasteiger partial charge in [-0.15, -0.1) is 0 Å². The highest BCUT2D eigenvalue weighted by Gasteiger charge is 2.28. The zero-order valence-corrected chi connectivity index (χ0v) is 34.9. The minimum atomic E-state index is -1.19. The number of aliphatic carboxylic acids is 4. The van der Waals surface area contributed by atoms with Gasteiger partial charge in [0.1, 0.15) is 6.04 Å². The van der Waals surface area contributed by atoms with Gasteiger partial charge in [-0.25, -0.2) is 0 Å². The first kappa shape index (κ1) is 53.9. The van der Waals surface area contributed by atoms with Crippen LogP contribution in [0.25, 0.3) is 0 Å². The van der Waals surface area contributed by atoms with Gasteiger partial charge < -0.3 is 61.1 Å². The van der Waals surface area contributed by atoms with Crippen molar-refractivity contribution in [3.8, 4) is 0 Å². The molecule has 2 unspecified atom stereocenters. The Hall–Kier alpha value is -4.07. The molecular formula is C37H68N8O15. The van der Waals surface area contributed by atoms with Crippen LogP contribution in [0.3, 0.4) is 0 Å². The van der Waals surface area contributed by atoms with Crippen molar-refractivity contribution in [2.24, 2.45) is 5.73 Å². The average Bonchev–Trinajstić information content (AvgIpc) is 3.18. The topological polar surface area (TPSA) is 312 Å². The summed E-state index contributed by atoms with van der Waals surface area (Å²) in [6, 6.07) is -1.99. The van der Waals surface area contributed by atoms with Crippen LogP contribution in [-0.2, 0) is 52.5 Å². The van der Waals surface area contributed by atoms with Gasteiger partial charge in [-0.1, -0.05) is 0 Å². The Labute approximate surface area is 351 Å². The molecule has 1 aliphatic heterocycles. The number of hydrogen-bond acceptors (Lipinski definition) is 16. The summed E-state index contributed by atoms with van der Waals surface area (Å²) in [5.41, 5.74) is 5.92. The second-order valence-corrected chi connectivity index (χ2v) is 14.1. The zero-order chi connectivity index (χ0) is 44.5. The third-order valence-electron chi connectivity index (χ3n) is 9.31. The number of amides is 3. The standard InChI is InChI=1S/C37H68N8O15/c1-57-20-21-59-24-25-60-23-22-58-19-10-41-36(54)29(38)4-6-31(46)39-8-2-3-9-40-32(47)7-5-30(37(55)56)45-17-15-43(27-34(50)51)13-11-42(26-33(48)49)12-14-44(16-18-45)28-35(52)53/h29-30H,2-28,38H2,1H3,(H,39,46)(H,40,47)(H,41,54)(H,48,49)(H,50,51)(H,52,53)(H,55,56). The molecule has 3 amide bonds. The summed E-state index contributed by atoms with van der Waals surface area (Å²) < 4.78 is 20.9. The lowest BCUT2D eigenvalue weighted by Gasteiger charge is -2.35. The molecule has 1 saturated heterocycles. The molecule has 60 heavy (non-hydrogen) atoms. The fraction of sp³-hybridized carbons (Fsp3) is 0.811. The number of rotatable bonds is 32. The molecule has 23 heteroatoms. The van der Waals surface area contributed by atoms with E-state index in [0.717, 1.165) is 0 Å². The van der Waals surface area contributed by atoms with Crippen molar-refractivity contribution >= 4 is 41.6 Å². The number of ether oxygens (including phenoxy) is 4. The zero-order valence-electron chi connectivity index (χ0n) is 34.9.